The number of allylic oxidation sites excluding steroid dienone is 2. The molecule has 28 heavy (non-hydrogen) atoms. The van der Waals surface area contributed by atoms with Crippen LogP contribution in [0, 0.1) is 29.6 Å². The Labute approximate surface area is 159 Å². The number of rotatable bonds is 2. The van der Waals surface area contributed by atoms with Gasteiger partial charge in [-0.15, -0.1) is 0 Å². The fourth-order valence-corrected chi connectivity index (χ4v) is 4.63. The maximum absolute atomic E-state index is 12.9. The van der Waals surface area contributed by atoms with Crippen molar-refractivity contribution >= 4 is 17.7 Å². The molecule has 1 aromatic rings. The Morgan fingerprint density at radius 2 is 1.68 bits per heavy atom. The first kappa shape index (κ1) is 18.7. The molecule has 2 fully saturated rings. The molecule has 5 rings (SSSR count). The molecule has 0 aromatic heterocycles. The van der Waals surface area contributed by atoms with Crippen LogP contribution in [0.5, 0.6) is 0 Å². The van der Waals surface area contributed by atoms with Gasteiger partial charge in [-0.2, -0.15) is 18.2 Å². The van der Waals surface area contributed by atoms with Crippen molar-refractivity contribution < 1.29 is 27.6 Å². The van der Waals surface area contributed by atoms with Gasteiger partial charge in [0, 0.05) is 5.56 Å². The normalized spacial score (nSPS) is 31.7. The standard InChI is InChI=1S/C20H19F3N2O3/c1-10-2-3-11-6-9-14(10)16-15(11)18(27)25(19(16)28)24-17(26)12-4-7-13(8-5-12)20(21,22)23/h4-11,14-16H,2-3H2,1H3,(H,24,26)/t10?,11?,14?,15-,16+/m1/s1. The molecule has 2 bridgehead atoms. The van der Waals surface area contributed by atoms with Crippen LogP contribution < -0.4 is 5.43 Å². The smallest absolute Gasteiger partial charge is 0.272 e. The number of hydrazine groups is 1. The molecule has 5 nitrogen and oxygen atoms in total. The highest BCUT2D eigenvalue weighted by Gasteiger charge is 2.57. The fraction of sp³-hybridized carbons (Fsp3) is 0.450. The molecule has 5 atom stereocenters. The van der Waals surface area contributed by atoms with E-state index in [1.807, 2.05) is 12.2 Å². The molecule has 3 aliphatic carbocycles. The van der Waals surface area contributed by atoms with Gasteiger partial charge in [-0.25, -0.2) is 0 Å². The molecule has 8 heteroatoms. The average molecular weight is 392 g/mol. The molecule has 3 unspecified atom stereocenters. The van der Waals surface area contributed by atoms with Gasteiger partial charge >= 0.3 is 6.18 Å². The number of fused-ring (bicyclic) bond motifs is 2. The summed E-state index contributed by atoms with van der Waals surface area (Å²) >= 11 is 0. The van der Waals surface area contributed by atoms with Crippen LogP contribution in [0.3, 0.4) is 0 Å². The minimum atomic E-state index is -4.51. The third-order valence-corrected chi connectivity index (χ3v) is 6.15. The summed E-state index contributed by atoms with van der Waals surface area (Å²) in [5.74, 6) is -2.47. The summed E-state index contributed by atoms with van der Waals surface area (Å²) < 4.78 is 38.0. The van der Waals surface area contributed by atoms with E-state index in [-0.39, 0.29) is 23.3 Å². The van der Waals surface area contributed by atoms with Crippen LogP contribution >= 0.6 is 0 Å². The van der Waals surface area contributed by atoms with E-state index in [1.54, 1.807) is 0 Å². The summed E-state index contributed by atoms with van der Waals surface area (Å²) in [5, 5.41) is 0.764. The van der Waals surface area contributed by atoms with E-state index in [1.165, 1.54) is 0 Å². The Morgan fingerprint density at radius 1 is 1.04 bits per heavy atom. The lowest BCUT2D eigenvalue weighted by molar-refractivity contribution is -0.143. The van der Waals surface area contributed by atoms with Crippen LogP contribution in [-0.2, 0) is 15.8 Å². The van der Waals surface area contributed by atoms with E-state index in [4.69, 9.17) is 0 Å². The lowest BCUT2D eigenvalue weighted by Crippen LogP contribution is -2.47. The Balaban J connectivity index is 1.54. The molecule has 3 amide bonds. The van der Waals surface area contributed by atoms with E-state index in [0.29, 0.717) is 0 Å². The predicted molar refractivity (Wildman–Crippen MR) is 92.3 cm³/mol. The first-order chi connectivity index (χ1) is 13.2. The second kappa shape index (κ2) is 6.46. The quantitative estimate of drug-likeness (QED) is 0.621. The van der Waals surface area contributed by atoms with Gasteiger partial charge in [0.2, 0.25) is 0 Å². The summed E-state index contributed by atoms with van der Waals surface area (Å²) in [7, 11) is 0. The van der Waals surface area contributed by atoms with Gasteiger partial charge in [0.15, 0.2) is 0 Å². The second-order valence-corrected chi connectivity index (χ2v) is 7.76. The molecule has 1 saturated heterocycles. The SMILES string of the molecule is CC1CCC2C=CC1[C@@H]1C(=O)N(NC(=O)c3ccc(C(F)(F)F)cc3)C(=O)[C@H]21. The van der Waals surface area contributed by atoms with Gasteiger partial charge in [0.1, 0.15) is 0 Å². The maximum Gasteiger partial charge on any atom is 0.416 e. The van der Waals surface area contributed by atoms with Gasteiger partial charge in [-0.3, -0.25) is 19.8 Å². The van der Waals surface area contributed by atoms with Crippen molar-refractivity contribution in [2.45, 2.75) is 25.9 Å². The summed E-state index contributed by atoms with van der Waals surface area (Å²) in [6, 6.07) is 3.62. The molecule has 1 aromatic carbocycles. The van der Waals surface area contributed by atoms with E-state index in [2.05, 4.69) is 12.3 Å². The van der Waals surface area contributed by atoms with Gasteiger partial charge < -0.3 is 0 Å². The number of amides is 3. The van der Waals surface area contributed by atoms with Gasteiger partial charge in [0.05, 0.1) is 17.4 Å². The van der Waals surface area contributed by atoms with Crippen LogP contribution in [0.15, 0.2) is 36.4 Å². The number of imide groups is 1. The molecule has 0 radical (unpaired) electrons. The molecule has 1 N–H and O–H groups in total. The highest BCUT2D eigenvalue weighted by molar-refractivity contribution is 6.08. The Morgan fingerprint density at radius 3 is 2.32 bits per heavy atom. The third kappa shape index (κ3) is 2.91. The fourth-order valence-electron chi connectivity index (χ4n) is 4.63. The zero-order valence-electron chi connectivity index (χ0n) is 15.1. The summed E-state index contributed by atoms with van der Waals surface area (Å²) in [6.07, 6.45) is 1.26. The Kier molecular flexibility index (Phi) is 4.32. The monoisotopic (exact) mass is 392 g/mol. The molecular formula is C20H19F3N2O3. The van der Waals surface area contributed by atoms with Crippen molar-refractivity contribution in [1.29, 1.82) is 0 Å². The molecule has 1 aliphatic heterocycles. The van der Waals surface area contributed by atoms with Crippen molar-refractivity contribution in [3.63, 3.8) is 0 Å². The van der Waals surface area contributed by atoms with Crippen molar-refractivity contribution in [2.75, 3.05) is 0 Å². The van der Waals surface area contributed by atoms with Crippen molar-refractivity contribution in [2.24, 2.45) is 29.6 Å². The first-order valence-corrected chi connectivity index (χ1v) is 9.23. The van der Waals surface area contributed by atoms with Gasteiger partial charge in [-0.1, -0.05) is 19.1 Å². The predicted octanol–water partition coefficient (Wildman–Crippen LogP) is 3.18. The highest BCUT2D eigenvalue weighted by atomic mass is 19.4. The van der Waals surface area contributed by atoms with E-state index < -0.39 is 41.3 Å². The summed E-state index contributed by atoms with van der Waals surface area (Å²) in [4.78, 5) is 38.2. The number of nitrogens with one attached hydrogen (secondary N) is 1. The van der Waals surface area contributed by atoms with E-state index >= 15 is 0 Å². The second-order valence-electron chi connectivity index (χ2n) is 7.76. The van der Waals surface area contributed by atoms with Crippen molar-refractivity contribution in [3.8, 4) is 0 Å². The number of hydrogen-bond donors (Lipinski definition) is 1. The Bertz CT molecular complexity index is 862. The summed E-state index contributed by atoms with van der Waals surface area (Å²) in [5.41, 5.74) is 1.36. The number of carbonyl (C=O) groups excluding carboxylic acids is 3. The lowest BCUT2D eigenvalue weighted by atomic mass is 9.71. The first-order valence-electron chi connectivity index (χ1n) is 9.23. The summed E-state index contributed by atoms with van der Waals surface area (Å²) in [6.45, 7) is 2.06. The number of nitrogens with zero attached hydrogens (tertiary/aromatic N) is 1. The number of benzene rings is 1. The van der Waals surface area contributed by atoms with Crippen molar-refractivity contribution in [1.82, 2.24) is 10.4 Å². The van der Waals surface area contributed by atoms with Crippen LogP contribution in [-0.4, -0.2) is 22.7 Å². The van der Waals surface area contributed by atoms with Crippen molar-refractivity contribution in [3.05, 3.63) is 47.5 Å². The third-order valence-electron chi connectivity index (χ3n) is 6.15. The molecule has 0 spiro atoms. The van der Waals surface area contributed by atoms with E-state index in [0.717, 1.165) is 42.1 Å². The van der Waals surface area contributed by atoms with Crippen LogP contribution in [0.25, 0.3) is 0 Å². The zero-order valence-corrected chi connectivity index (χ0v) is 15.1. The topological polar surface area (TPSA) is 66.5 Å². The van der Waals surface area contributed by atoms with Gasteiger partial charge in [-0.05, 0) is 54.9 Å². The molecule has 4 aliphatic rings. The number of halogens is 3. The minimum Gasteiger partial charge on any atom is -0.272 e. The van der Waals surface area contributed by atoms with Gasteiger partial charge in [0.25, 0.3) is 17.7 Å². The largest absolute Gasteiger partial charge is 0.416 e. The number of carbonyl (C=O) groups is 3. The molecular weight excluding hydrogens is 373 g/mol. The highest BCUT2D eigenvalue weighted by Crippen LogP contribution is 2.49. The minimum absolute atomic E-state index is 0.0318. The molecule has 1 heterocycles. The van der Waals surface area contributed by atoms with Crippen LogP contribution in [0.2, 0.25) is 0 Å². The number of alkyl halides is 3. The van der Waals surface area contributed by atoms with E-state index in [9.17, 15) is 27.6 Å². The lowest BCUT2D eigenvalue weighted by Gasteiger charge is -2.29. The average Bonchev–Trinajstić information content (AvgIpc) is 2.80. The zero-order chi connectivity index (χ0) is 20.2. The van der Waals surface area contributed by atoms with Crippen LogP contribution in [0.4, 0.5) is 13.2 Å². The Hall–Kier alpha value is -2.64. The molecule has 1 saturated carbocycles. The van der Waals surface area contributed by atoms with Crippen LogP contribution in [0.1, 0.15) is 35.7 Å². The maximum atomic E-state index is 12.9. The molecule has 148 valence electrons. The number of hydrogen-bond acceptors (Lipinski definition) is 3.